The lowest BCUT2D eigenvalue weighted by molar-refractivity contribution is -0.0756. The van der Waals surface area contributed by atoms with Gasteiger partial charge in [0.15, 0.2) is 5.15 Å². The molecule has 0 unspecified atom stereocenters. The summed E-state index contributed by atoms with van der Waals surface area (Å²) in [6.45, 7) is 0. The molecule has 0 saturated carbocycles. The number of benzene rings is 1. The third-order valence-electron chi connectivity index (χ3n) is 2.60. The van der Waals surface area contributed by atoms with Gasteiger partial charge in [-0.15, -0.1) is 10.2 Å². The molecule has 98 valence electrons. The highest BCUT2D eigenvalue weighted by atomic mass is 35.5. The number of nitrogens with zero attached hydrogens (tertiary/aromatic N) is 3. The van der Waals surface area contributed by atoms with Crippen molar-refractivity contribution >= 4 is 17.5 Å². The smallest absolute Gasteiger partial charge is 0.274 e. The normalized spacial score (nSPS) is 10.3. The van der Waals surface area contributed by atoms with Crippen molar-refractivity contribution in [2.24, 2.45) is 0 Å². The van der Waals surface area contributed by atoms with Gasteiger partial charge in [-0.1, -0.05) is 41.9 Å². The lowest BCUT2D eigenvalue weighted by Gasteiger charge is -2.15. The minimum Gasteiger partial charge on any atom is -0.274 e. The summed E-state index contributed by atoms with van der Waals surface area (Å²) in [6, 6.07) is 10.8. The van der Waals surface area contributed by atoms with Crippen molar-refractivity contribution in [2.75, 3.05) is 14.2 Å². The molecule has 0 aliphatic rings. The van der Waals surface area contributed by atoms with Gasteiger partial charge in [0.1, 0.15) is 5.69 Å². The zero-order valence-electron chi connectivity index (χ0n) is 10.5. The average molecular weight is 278 g/mol. The second kappa shape index (κ2) is 5.77. The van der Waals surface area contributed by atoms with Gasteiger partial charge in [0.25, 0.3) is 5.91 Å². The van der Waals surface area contributed by atoms with Crippen LogP contribution in [0.1, 0.15) is 10.4 Å². The molecule has 6 heteroatoms. The average Bonchev–Trinajstić information content (AvgIpc) is 2.46. The summed E-state index contributed by atoms with van der Waals surface area (Å²) >= 11 is 5.81. The van der Waals surface area contributed by atoms with E-state index >= 15 is 0 Å². The summed E-state index contributed by atoms with van der Waals surface area (Å²) < 4.78 is 0. The van der Waals surface area contributed by atoms with Gasteiger partial charge in [0.05, 0.1) is 12.7 Å². The van der Waals surface area contributed by atoms with Gasteiger partial charge < -0.3 is 0 Å². The number of hydrogen-bond donors (Lipinski definition) is 0. The molecule has 2 aromatic rings. The van der Waals surface area contributed by atoms with Crippen LogP contribution in [0.3, 0.4) is 0 Å². The molecule has 0 aliphatic carbocycles. The van der Waals surface area contributed by atoms with Crippen molar-refractivity contribution in [3.63, 3.8) is 0 Å². The van der Waals surface area contributed by atoms with Gasteiger partial charge in [0.2, 0.25) is 0 Å². The molecule has 0 bridgehead atoms. The Morgan fingerprint density at radius 3 is 2.58 bits per heavy atom. The summed E-state index contributed by atoms with van der Waals surface area (Å²) in [5.74, 6) is -0.335. The first-order chi connectivity index (χ1) is 9.13. The molecule has 0 saturated heterocycles. The van der Waals surface area contributed by atoms with Crippen LogP contribution in [0, 0.1) is 0 Å². The van der Waals surface area contributed by atoms with Gasteiger partial charge in [-0.05, 0) is 6.07 Å². The van der Waals surface area contributed by atoms with Crippen LogP contribution in [0.15, 0.2) is 36.4 Å². The van der Waals surface area contributed by atoms with E-state index in [4.69, 9.17) is 16.4 Å². The van der Waals surface area contributed by atoms with Crippen LogP contribution < -0.4 is 0 Å². The van der Waals surface area contributed by atoms with E-state index in [-0.39, 0.29) is 11.1 Å². The van der Waals surface area contributed by atoms with Crippen LogP contribution in [0.4, 0.5) is 0 Å². The fraction of sp³-hybridized carbons (Fsp3) is 0.154. The van der Waals surface area contributed by atoms with E-state index in [0.717, 1.165) is 10.6 Å². The molecule has 0 radical (unpaired) electrons. The predicted molar refractivity (Wildman–Crippen MR) is 71.6 cm³/mol. The number of hydrogen-bond acceptors (Lipinski definition) is 4. The van der Waals surface area contributed by atoms with Gasteiger partial charge >= 0.3 is 0 Å². The first kappa shape index (κ1) is 13.5. The van der Waals surface area contributed by atoms with Crippen molar-refractivity contribution in [3.05, 3.63) is 47.1 Å². The van der Waals surface area contributed by atoms with Crippen LogP contribution in [-0.2, 0) is 4.84 Å². The number of carbonyl (C=O) groups excluding carboxylic acids is 1. The highest BCUT2D eigenvalue weighted by Gasteiger charge is 2.19. The van der Waals surface area contributed by atoms with Crippen LogP contribution in [0.25, 0.3) is 11.3 Å². The second-order valence-corrected chi connectivity index (χ2v) is 4.17. The molecule has 0 atom stereocenters. The number of hydroxylamine groups is 2. The van der Waals surface area contributed by atoms with Gasteiger partial charge in [-0.3, -0.25) is 9.63 Å². The molecule has 0 N–H and O–H groups in total. The van der Waals surface area contributed by atoms with E-state index in [0.29, 0.717) is 11.3 Å². The molecule has 2 rings (SSSR count). The predicted octanol–water partition coefficient (Wildman–Crippen LogP) is 2.43. The minimum atomic E-state index is -0.335. The first-order valence-electron chi connectivity index (χ1n) is 5.54. The van der Waals surface area contributed by atoms with E-state index in [1.165, 1.54) is 20.2 Å². The Balaban J connectivity index is 2.53. The van der Waals surface area contributed by atoms with Crippen LogP contribution >= 0.6 is 11.6 Å². The molecule has 1 amide bonds. The first-order valence-corrected chi connectivity index (χ1v) is 5.92. The van der Waals surface area contributed by atoms with Crippen molar-refractivity contribution in [1.82, 2.24) is 15.3 Å². The molecule has 0 fully saturated rings. The van der Waals surface area contributed by atoms with Crippen LogP contribution in [0.5, 0.6) is 0 Å². The number of halogens is 1. The standard InChI is InChI=1S/C13H12ClN3O2/c1-17(19-2)13(18)10-8-11(14)15-16-12(10)9-6-4-3-5-7-9/h3-8H,1-2H3. The summed E-state index contributed by atoms with van der Waals surface area (Å²) in [7, 11) is 2.93. The number of rotatable bonds is 3. The van der Waals surface area contributed by atoms with Crippen LogP contribution in [0.2, 0.25) is 5.15 Å². The van der Waals surface area contributed by atoms with E-state index in [9.17, 15) is 4.79 Å². The Kier molecular flexibility index (Phi) is 4.09. The minimum absolute atomic E-state index is 0.160. The summed E-state index contributed by atoms with van der Waals surface area (Å²) in [5.41, 5.74) is 1.61. The summed E-state index contributed by atoms with van der Waals surface area (Å²) in [6.07, 6.45) is 0. The highest BCUT2D eigenvalue weighted by molar-refractivity contribution is 6.29. The molecule has 1 aromatic heterocycles. The topological polar surface area (TPSA) is 55.3 Å². The summed E-state index contributed by atoms with van der Waals surface area (Å²) in [4.78, 5) is 17.1. The third kappa shape index (κ3) is 2.89. The molecule has 0 aliphatic heterocycles. The van der Waals surface area contributed by atoms with E-state index in [2.05, 4.69) is 10.2 Å². The maximum atomic E-state index is 12.2. The van der Waals surface area contributed by atoms with Crippen molar-refractivity contribution < 1.29 is 9.63 Å². The number of amides is 1. The molecular formula is C13H12ClN3O2. The maximum absolute atomic E-state index is 12.2. The fourth-order valence-corrected chi connectivity index (χ4v) is 1.74. The van der Waals surface area contributed by atoms with Gasteiger partial charge in [-0.2, -0.15) is 0 Å². The highest BCUT2D eigenvalue weighted by Crippen LogP contribution is 2.23. The van der Waals surface area contributed by atoms with Crippen LogP contribution in [-0.4, -0.2) is 35.3 Å². The molecule has 19 heavy (non-hydrogen) atoms. The SMILES string of the molecule is CON(C)C(=O)c1cc(Cl)nnc1-c1ccccc1. The zero-order valence-corrected chi connectivity index (χ0v) is 11.3. The van der Waals surface area contributed by atoms with E-state index in [1.54, 1.807) is 0 Å². The van der Waals surface area contributed by atoms with Gasteiger partial charge in [-0.25, -0.2) is 5.06 Å². The fourth-order valence-electron chi connectivity index (χ4n) is 1.59. The van der Waals surface area contributed by atoms with E-state index in [1.807, 2.05) is 30.3 Å². The molecule has 5 nitrogen and oxygen atoms in total. The van der Waals surface area contributed by atoms with E-state index < -0.39 is 0 Å². The largest absolute Gasteiger partial charge is 0.279 e. The van der Waals surface area contributed by atoms with Crippen molar-refractivity contribution in [2.45, 2.75) is 0 Å². The monoisotopic (exact) mass is 277 g/mol. The number of carbonyl (C=O) groups is 1. The molecular weight excluding hydrogens is 266 g/mol. The Hall–Kier alpha value is -1.98. The molecule has 1 aromatic carbocycles. The van der Waals surface area contributed by atoms with Crippen molar-refractivity contribution in [1.29, 1.82) is 0 Å². The summed E-state index contributed by atoms with van der Waals surface area (Å²) in [5, 5.41) is 9.06. The van der Waals surface area contributed by atoms with Crippen molar-refractivity contribution in [3.8, 4) is 11.3 Å². The zero-order chi connectivity index (χ0) is 13.8. The Morgan fingerprint density at radius 2 is 1.95 bits per heavy atom. The Bertz CT molecular complexity index is 590. The Morgan fingerprint density at radius 1 is 1.26 bits per heavy atom. The maximum Gasteiger partial charge on any atom is 0.279 e. The third-order valence-corrected chi connectivity index (χ3v) is 2.79. The lowest BCUT2D eigenvalue weighted by atomic mass is 10.1. The second-order valence-electron chi connectivity index (χ2n) is 3.78. The number of aromatic nitrogens is 2. The molecule has 0 spiro atoms. The van der Waals surface area contributed by atoms with Gasteiger partial charge in [0, 0.05) is 12.6 Å². The molecule has 1 heterocycles. The Labute approximate surface area is 115 Å². The lowest BCUT2D eigenvalue weighted by Crippen LogP contribution is -2.26. The quantitative estimate of drug-likeness (QED) is 0.809.